The molecule has 0 aliphatic rings. The van der Waals surface area contributed by atoms with Gasteiger partial charge in [0.2, 0.25) is 0 Å². The van der Waals surface area contributed by atoms with Crippen molar-refractivity contribution in [2.75, 3.05) is 6.54 Å². The molecule has 1 heterocycles. The van der Waals surface area contributed by atoms with Gasteiger partial charge in [-0.1, -0.05) is 46.5 Å². The number of aromatic nitrogens is 2. The predicted octanol–water partition coefficient (Wildman–Crippen LogP) is 4.68. The van der Waals surface area contributed by atoms with Crippen LogP contribution in [0.2, 0.25) is 0 Å². The van der Waals surface area contributed by atoms with Gasteiger partial charge in [0.1, 0.15) is 0 Å². The molecule has 0 spiro atoms. The predicted molar refractivity (Wildman–Crippen MR) is 91.6 cm³/mol. The molecule has 0 radical (unpaired) electrons. The Morgan fingerprint density at radius 2 is 1.86 bits per heavy atom. The van der Waals surface area contributed by atoms with Crippen LogP contribution in [0.4, 0.5) is 0 Å². The topological polar surface area (TPSA) is 29.9 Å². The molecule has 21 heavy (non-hydrogen) atoms. The molecule has 0 fully saturated rings. The van der Waals surface area contributed by atoms with Crippen LogP contribution in [0.25, 0.3) is 0 Å². The van der Waals surface area contributed by atoms with Crippen molar-refractivity contribution in [1.29, 1.82) is 0 Å². The van der Waals surface area contributed by atoms with Crippen molar-refractivity contribution in [1.82, 2.24) is 15.1 Å². The summed E-state index contributed by atoms with van der Waals surface area (Å²) >= 11 is 0. The van der Waals surface area contributed by atoms with Gasteiger partial charge in [0, 0.05) is 24.3 Å². The molecule has 122 valence electrons. The monoisotopic (exact) mass is 293 g/mol. The molecule has 0 saturated carbocycles. The highest BCUT2D eigenvalue weighted by molar-refractivity contribution is 5.28. The molecule has 1 N–H and O–H groups in total. The maximum atomic E-state index is 4.61. The third kappa shape index (κ3) is 5.14. The summed E-state index contributed by atoms with van der Waals surface area (Å²) < 4.78 is 2.03. The largest absolute Gasteiger partial charge is 0.310 e. The highest BCUT2D eigenvalue weighted by Gasteiger charge is 2.22. The van der Waals surface area contributed by atoms with Crippen LogP contribution < -0.4 is 5.32 Å². The zero-order valence-corrected chi connectivity index (χ0v) is 15.0. The summed E-state index contributed by atoms with van der Waals surface area (Å²) in [5.74, 6) is 0.818. The van der Waals surface area contributed by atoms with Crippen molar-refractivity contribution in [2.24, 2.45) is 13.0 Å². The van der Waals surface area contributed by atoms with Crippen LogP contribution in [0.5, 0.6) is 0 Å². The van der Waals surface area contributed by atoms with Crippen LogP contribution in [0.3, 0.4) is 0 Å². The molecular weight excluding hydrogens is 258 g/mol. The van der Waals surface area contributed by atoms with E-state index < -0.39 is 0 Å². The lowest BCUT2D eigenvalue weighted by molar-refractivity contribution is 0.352. The molecule has 2 unspecified atom stereocenters. The molecule has 2 atom stereocenters. The lowest BCUT2D eigenvalue weighted by atomic mass is 9.88. The molecule has 3 nitrogen and oxygen atoms in total. The first-order valence-corrected chi connectivity index (χ1v) is 8.78. The Morgan fingerprint density at radius 1 is 1.14 bits per heavy atom. The van der Waals surface area contributed by atoms with Crippen molar-refractivity contribution in [3.63, 3.8) is 0 Å². The summed E-state index contributed by atoms with van der Waals surface area (Å²) in [6.45, 7) is 12.3. The minimum absolute atomic E-state index is 0.459. The average Bonchev–Trinajstić information content (AvgIpc) is 2.72. The zero-order chi connectivity index (χ0) is 15.8. The van der Waals surface area contributed by atoms with Crippen LogP contribution in [0, 0.1) is 19.8 Å². The van der Waals surface area contributed by atoms with Gasteiger partial charge in [0.15, 0.2) is 0 Å². The maximum absolute atomic E-state index is 4.61. The third-order valence-electron chi connectivity index (χ3n) is 4.67. The lowest BCUT2D eigenvalue weighted by Gasteiger charge is -2.24. The summed E-state index contributed by atoms with van der Waals surface area (Å²) in [6, 6.07) is 0.459. The summed E-state index contributed by atoms with van der Waals surface area (Å²) in [7, 11) is 2.05. The molecule has 3 heteroatoms. The van der Waals surface area contributed by atoms with E-state index in [-0.39, 0.29) is 0 Å². The molecule has 1 aromatic heterocycles. The van der Waals surface area contributed by atoms with E-state index in [0.29, 0.717) is 6.04 Å². The van der Waals surface area contributed by atoms with E-state index >= 15 is 0 Å². The van der Waals surface area contributed by atoms with Crippen molar-refractivity contribution in [3.8, 4) is 0 Å². The van der Waals surface area contributed by atoms with E-state index in [4.69, 9.17) is 0 Å². The first kappa shape index (κ1) is 18.2. The van der Waals surface area contributed by atoms with Gasteiger partial charge in [0.05, 0.1) is 5.69 Å². The quantitative estimate of drug-likeness (QED) is 0.678. The van der Waals surface area contributed by atoms with Crippen molar-refractivity contribution in [2.45, 2.75) is 79.2 Å². The lowest BCUT2D eigenvalue weighted by Crippen LogP contribution is -2.25. The number of hydrogen-bond acceptors (Lipinski definition) is 2. The summed E-state index contributed by atoms with van der Waals surface area (Å²) in [5.41, 5.74) is 3.93. The van der Waals surface area contributed by atoms with E-state index in [1.165, 1.54) is 55.5 Å². The molecule has 0 aliphatic carbocycles. The Bertz CT molecular complexity index is 409. The second-order valence-electron chi connectivity index (χ2n) is 6.37. The van der Waals surface area contributed by atoms with E-state index in [1.54, 1.807) is 0 Å². The molecule has 1 rings (SSSR count). The minimum atomic E-state index is 0.459. The van der Waals surface area contributed by atoms with Crippen LogP contribution in [0.15, 0.2) is 0 Å². The molecule has 1 aromatic rings. The van der Waals surface area contributed by atoms with Crippen molar-refractivity contribution >= 4 is 0 Å². The highest BCUT2D eigenvalue weighted by Crippen LogP contribution is 2.30. The summed E-state index contributed by atoms with van der Waals surface area (Å²) in [4.78, 5) is 0. The fraction of sp³-hybridized carbons (Fsp3) is 0.833. The fourth-order valence-electron chi connectivity index (χ4n) is 3.23. The summed E-state index contributed by atoms with van der Waals surface area (Å²) in [6.07, 6.45) is 7.71. The number of rotatable bonds is 10. The summed E-state index contributed by atoms with van der Waals surface area (Å²) in [5, 5.41) is 8.38. The van der Waals surface area contributed by atoms with Gasteiger partial charge in [0.25, 0.3) is 0 Å². The maximum Gasteiger partial charge on any atom is 0.0644 e. The van der Waals surface area contributed by atoms with Gasteiger partial charge < -0.3 is 5.32 Å². The van der Waals surface area contributed by atoms with Gasteiger partial charge in [-0.2, -0.15) is 5.10 Å². The van der Waals surface area contributed by atoms with Gasteiger partial charge in [-0.25, -0.2) is 0 Å². The number of nitrogens with one attached hydrogen (secondary N) is 1. The Morgan fingerprint density at radius 3 is 2.33 bits per heavy atom. The van der Waals surface area contributed by atoms with Crippen LogP contribution in [0.1, 0.15) is 82.3 Å². The highest BCUT2D eigenvalue weighted by atomic mass is 15.3. The number of nitrogens with zero attached hydrogens (tertiary/aromatic N) is 2. The zero-order valence-electron chi connectivity index (χ0n) is 15.0. The van der Waals surface area contributed by atoms with E-state index in [9.17, 15) is 0 Å². The van der Waals surface area contributed by atoms with Crippen LogP contribution in [-0.4, -0.2) is 16.3 Å². The first-order valence-electron chi connectivity index (χ1n) is 8.78. The second kappa shape index (κ2) is 9.24. The van der Waals surface area contributed by atoms with Gasteiger partial charge >= 0.3 is 0 Å². The van der Waals surface area contributed by atoms with E-state index in [2.05, 4.69) is 52.1 Å². The van der Waals surface area contributed by atoms with E-state index in [1.807, 2.05) is 4.68 Å². The van der Waals surface area contributed by atoms with Crippen LogP contribution in [-0.2, 0) is 7.05 Å². The van der Waals surface area contributed by atoms with Crippen molar-refractivity contribution < 1.29 is 0 Å². The van der Waals surface area contributed by atoms with Crippen molar-refractivity contribution in [3.05, 3.63) is 17.0 Å². The fourth-order valence-corrected chi connectivity index (χ4v) is 3.23. The van der Waals surface area contributed by atoms with E-state index in [0.717, 1.165) is 12.5 Å². The Balaban J connectivity index is 2.88. The standard InChI is InChI=1S/C18H35N3/c1-7-10-11-16(9-3)13-17(19-12-8-2)18-14(4)20-21(6)15(18)5/h16-17,19H,7-13H2,1-6H3. The third-order valence-corrected chi connectivity index (χ3v) is 4.67. The molecule has 0 aliphatic heterocycles. The molecule has 0 amide bonds. The van der Waals surface area contributed by atoms with Gasteiger partial charge in [-0.05, 0) is 39.2 Å². The molecular formula is C18H35N3. The molecule has 0 bridgehead atoms. The van der Waals surface area contributed by atoms with Gasteiger partial charge in [-0.3, -0.25) is 4.68 Å². The van der Waals surface area contributed by atoms with Gasteiger partial charge in [-0.15, -0.1) is 0 Å². The minimum Gasteiger partial charge on any atom is -0.310 e. The average molecular weight is 293 g/mol. The Kier molecular flexibility index (Phi) is 8.02. The van der Waals surface area contributed by atoms with Crippen LogP contribution >= 0.6 is 0 Å². The number of aryl methyl sites for hydroxylation is 2. The number of hydrogen-bond donors (Lipinski definition) is 1. The first-order chi connectivity index (χ1) is 10.0. The second-order valence-corrected chi connectivity index (χ2v) is 6.37. The molecule has 0 aromatic carbocycles. The SMILES string of the molecule is CCCCC(CC)CC(NCCC)c1c(C)nn(C)c1C. The Hall–Kier alpha value is -0.830. The Labute approximate surface area is 131 Å². The smallest absolute Gasteiger partial charge is 0.0644 e. The number of unbranched alkanes of at least 4 members (excludes halogenated alkanes) is 1. The molecule has 0 saturated heterocycles. The normalized spacial score (nSPS) is 14.4.